The highest BCUT2D eigenvalue weighted by Crippen LogP contribution is 2.16. The molecule has 1 aromatic rings. The molecule has 0 bridgehead atoms. The van der Waals surface area contributed by atoms with E-state index in [4.69, 9.17) is 16.9 Å². The lowest BCUT2D eigenvalue weighted by Crippen LogP contribution is -2.26. The van der Waals surface area contributed by atoms with Crippen molar-refractivity contribution >= 4 is 11.6 Å². The van der Waals surface area contributed by atoms with Crippen LogP contribution in [0.5, 0.6) is 0 Å². The number of nitriles is 1. The fourth-order valence-corrected chi connectivity index (χ4v) is 1.32. The van der Waals surface area contributed by atoms with Crippen molar-refractivity contribution in [1.29, 1.82) is 5.26 Å². The number of halogens is 1. The molecular weight excluding hydrogens is 196 g/mol. The minimum Gasteiger partial charge on any atom is -0.296 e. The predicted molar refractivity (Wildman–Crippen MR) is 58.1 cm³/mol. The average molecular weight is 209 g/mol. The molecule has 3 heteroatoms. The fraction of sp³-hybridized carbons (Fsp3) is 0.364. The minimum absolute atomic E-state index is 0.257. The second-order valence-corrected chi connectivity index (χ2v) is 3.87. The van der Waals surface area contributed by atoms with Gasteiger partial charge in [-0.2, -0.15) is 5.26 Å². The van der Waals surface area contributed by atoms with Crippen LogP contribution in [-0.4, -0.2) is 6.04 Å². The monoisotopic (exact) mass is 208 g/mol. The maximum atomic E-state index is 8.95. The third-order valence-electron chi connectivity index (χ3n) is 1.83. The van der Waals surface area contributed by atoms with Crippen LogP contribution < -0.4 is 5.32 Å². The average Bonchev–Trinajstić information content (AvgIpc) is 2.15. The zero-order valence-electron chi connectivity index (χ0n) is 8.29. The fourth-order valence-electron chi connectivity index (χ4n) is 1.20. The van der Waals surface area contributed by atoms with Crippen molar-refractivity contribution in [2.45, 2.75) is 25.9 Å². The van der Waals surface area contributed by atoms with Gasteiger partial charge in [-0.25, -0.2) is 0 Å². The van der Waals surface area contributed by atoms with E-state index in [0.717, 1.165) is 5.56 Å². The Morgan fingerprint density at radius 3 is 2.29 bits per heavy atom. The van der Waals surface area contributed by atoms with Gasteiger partial charge < -0.3 is 0 Å². The Morgan fingerprint density at radius 1 is 1.29 bits per heavy atom. The Kier molecular flexibility index (Phi) is 3.94. The van der Waals surface area contributed by atoms with E-state index < -0.39 is 0 Å². The molecule has 0 aliphatic heterocycles. The summed E-state index contributed by atoms with van der Waals surface area (Å²) in [4.78, 5) is 0. The SMILES string of the molecule is CC(C)NC(C#N)c1ccc(Cl)cc1. The quantitative estimate of drug-likeness (QED) is 0.829. The van der Waals surface area contributed by atoms with Gasteiger partial charge in [0.2, 0.25) is 0 Å². The Morgan fingerprint density at radius 2 is 1.86 bits per heavy atom. The molecule has 0 spiro atoms. The first kappa shape index (κ1) is 11.0. The van der Waals surface area contributed by atoms with E-state index in [1.165, 1.54) is 0 Å². The molecule has 74 valence electrons. The summed E-state index contributed by atoms with van der Waals surface area (Å²) in [6.07, 6.45) is 0. The largest absolute Gasteiger partial charge is 0.296 e. The lowest BCUT2D eigenvalue weighted by molar-refractivity contribution is 0.546. The second kappa shape index (κ2) is 4.99. The maximum absolute atomic E-state index is 8.95. The standard InChI is InChI=1S/C11H13ClN2/c1-8(2)14-11(7-13)9-3-5-10(12)6-4-9/h3-6,8,11,14H,1-2H3. The number of hydrogen-bond acceptors (Lipinski definition) is 2. The van der Waals surface area contributed by atoms with Gasteiger partial charge >= 0.3 is 0 Å². The molecule has 1 unspecified atom stereocenters. The zero-order valence-corrected chi connectivity index (χ0v) is 9.05. The van der Waals surface area contributed by atoms with Gasteiger partial charge in [-0.05, 0) is 31.5 Å². The summed E-state index contributed by atoms with van der Waals surface area (Å²) in [5.74, 6) is 0. The third kappa shape index (κ3) is 3.02. The Hall–Kier alpha value is -1.04. The first-order valence-electron chi connectivity index (χ1n) is 4.54. The molecule has 1 rings (SSSR count). The molecule has 1 aromatic carbocycles. The summed E-state index contributed by atoms with van der Waals surface area (Å²) < 4.78 is 0. The smallest absolute Gasteiger partial charge is 0.121 e. The highest BCUT2D eigenvalue weighted by atomic mass is 35.5. The molecule has 1 atom stereocenters. The zero-order chi connectivity index (χ0) is 10.6. The Labute approximate surface area is 89.5 Å². The topological polar surface area (TPSA) is 35.8 Å². The van der Waals surface area contributed by atoms with E-state index in [1.54, 1.807) is 12.1 Å². The van der Waals surface area contributed by atoms with Crippen molar-refractivity contribution in [2.75, 3.05) is 0 Å². The molecule has 1 N–H and O–H groups in total. The summed E-state index contributed by atoms with van der Waals surface area (Å²) in [6, 6.07) is 9.57. The first-order valence-corrected chi connectivity index (χ1v) is 4.92. The van der Waals surface area contributed by atoms with Crippen LogP contribution in [0.4, 0.5) is 0 Å². The molecule has 0 heterocycles. The van der Waals surface area contributed by atoms with Crippen LogP contribution >= 0.6 is 11.6 Å². The van der Waals surface area contributed by atoms with Crippen molar-refractivity contribution in [3.8, 4) is 6.07 Å². The molecule has 0 saturated carbocycles. The van der Waals surface area contributed by atoms with Crippen molar-refractivity contribution in [2.24, 2.45) is 0 Å². The number of nitrogens with one attached hydrogen (secondary N) is 1. The van der Waals surface area contributed by atoms with Gasteiger partial charge in [-0.3, -0.25) is 5.32 Å². The van der Waals surface area contributed by atoms with E-state index in [0.29, 0.717) is 5.02 Å². The molecule has 0 fully saturated rings. The van der Waals surface area contributed by atoms with Crippen molar-refractivity contribution in [1.82, 2.24) is 5.32 Å². The molecule has 0 amide bonds. The summed E-state index contributed by atoms with van der Waals surface area (Å²) in [5.41, 5.74) is 0.950. The molecule has 0 aliphatic rings. The lowest BCUT2D eigenvalue weighted by atomic mass is 10.1. The van der Waals surface area contributed by atoms with E-state index in [1.807, 2.05) is 26.0 Å². The third-order valence-corrected chi connectivity index (χ3v) is 2.08. The van der Waals surface area contributed by atoms with Crippen LogP contribution in [0.3, 0.4) is 0 Å². The molecule has 0 aliphatic carbocycles. The minimum atomic E-state index is -0.257. The number of hydrogen-bond donors (Lipinski definition) is 1. The highest BCUT2D eigenvalue weighted by molar-refractivity contribution is 6.30. The van der Waals surface area contributed by atoms with E-state index in [2.05, 4.69) is 11.4 Å². The van der Waals surface area contributed by atoms with Crippen LogP contribution in [0.2, 0.25) is 5.02 Å². The molecular formula is C11H13ClN2. The maximum Gasteiger partial charge on any atom is 0.121 e. The number of benzene rings is 1. The summed E-state index contributed by atoms with van der Waals surface area (Å²) in [7, 11) is 0. The van der Waals surface area contributed by atoms with Gasteiger partial charge in [0.25, 0.3) is 0 Å². The van der Waals surface area contributed by atoms with Gasteiger partial charge in [-0.1, -0.05) is 23.7 Å². The molecule has 2 nitrogen and oxygen atoms in total. The highest BCUT2D eigenvalue weighted by Gasteiger charge is 2.10. The first-order chi connectivity index (χ1) is 6.63. The summed E-state index contributed by atoms with van der Waals surface area (Å²) in [5, 5.41) is 12.8. The van der Waals surface area contributed by atoms with E-state index in [9.17, 15) is 0 Å². The molecule has 0 radical (unpaired) electrons. The van der Waals surface area contributed by atoms with Crippen LogP contribution in [0.15, 0.2) is 24.3 Å². The normalized spacial score (nSPS) is 12.5. The van der Waals surface area contributed by atoms with Crippen molar-refractivity contribution in [3.05, 3.63) is 34.9 Å². The second-order valence-electron chi connectivity index (χ2n) is 3.44. The summed E-state index contributed by atoms with van der Waals surface area (Å²) >= 11 is 5.76. The van der Waals surface area contributed by atoms with Crippen LogP contribution in [-0.2, 0) is 0 Å². The van der Waals surface area contributed by atoms with Gasteiger partial charge in [0.05, 0.1) is 6.07 Å². The van der Waals surface area contributed by atoms with Gasteiger partial charge in [0.15, 0.2) is 0 Å². The van der Waals surface area contributed by atoms with E-state index >= 15 is 0 Å². The van der Waals surface area contributed by atoms with Gasteiger partial charge in [0.1, 0.15) is 6.04 Å². The molecule has 14 heavy (non-hydrogen) atoms. The van der Waals surface area contributed by atoms with Crippen LogP contribution in [0.25, 0.3) is 0 Å². The van der Waals surface area contributed by atoms with Gasteiger partial charge in [0, 0.05) is 11.1 Å². The van der Waals surface area contributed by atoms with Crippen molar-refractivity contribution in [3.63, 3.8) is 0 Å². The van der Waals surface area contributed by atoms with E-state index in [-0.39, 0.29) is 12.1 Å². The number of rotatable bonds is 3. The number of nitrogens with zero attached hydrogens (tertiary/aromatic N) is 1. The van der Waals surface area contributed by atoms with Crippen LogP contribution in [0, 0.1) is 11.3 Å². The van der Waals surface area contributed by atoms with Crippen molar-refractivity contribution < 1.29 is 0 Å². The predicted octanol–water partition coefficient (Wildman–Crippen LogP) is 2.90. The molecule has 0 aromatic heterocycles. The Bertz CT molecular complexity index is 324. The Balaban J connectivity index is 2.80. The lowest BCUT2D eigenvalue weighted by Gasteiger charge is -2.14. The molecule has 0 saturated heterocycles. The van der Waals surface area contributed by atoms with Gasteiger partial charge in [-0.15, -0.1) is 0 Å². The summed E-state index contributed by atoms with van der Waals surface area (Å²) in [6.45, 7) is 4.03. The van der Waals surface area contributed by atoms with Crippen LogP contribution in [0.1, 0.15) is 25.5 Å².